The second kappa shape index (κ2) is 5.74. The van der Waals surface area contributed by atoms with Gasteiger partial charge in [0.2, 0.25) is 5.88 Å². The number of furan rings is 1. The summed E-state index contributed by atoms with van der Waals surface area (Å²) in [5, 5.41) is 0. The lowest BCUT2D eigenvalue weighted by Gasteiger charge is -2.52. The van der Waals surface area contributed by atoms with Gasteiger partial charge in [0.15, 0.2) is 0 Å². The first-order chi connectivity index (χ1) is 10.8. The van der Waals surface area contributed by atoms with Gasteiger partial charge in [-0.2, -0.15) is 0 Å². The van der Waals surface area contributed by atoms with E-state index in [4.69, 9.17) is 13.9 Å². The second-order valence-corrected chi connectivity index (χ2v) is 6.16. The molecule has 0 N–H and O–H groups in total. The fourth-order valence-corrected chi connectivity index (χ4v) is 3.39. The highest BCUT2D eigenvalue weighted by molar-refractivity contribution is 5.11. The highest BCUT2D eigenvalue weighted by Gasteiger charge is 2.48. The summed E-state index contributed by atoms with van der Waals surface area (Å²) >= 11 is 0. The van der Waals surface area contributed by atoms with Crippen molar-refractivity contribution in [1.82, 2.24) is 9.88 Å². The third kappa shape index (κ3) is 2.87. The summed E-state index contributed by atoms with van der Waals surface area (Å²) in [6.07, 6.45) is 5.53. The molecule has 1 spiro atoms. The Morgan fingerprint density at radius 3 is 3.00 bits per heavy atom. The predicted octanol–water partition coefficient (Wildman–Crippen LogP) is 2.49. The van der Waals surface area contributed by atoms with Gasteiger partial charge in [-0.1, -0.05) is 6.07 Å². The van der Waals surface area contributed by atoms with E-state index in [1.807, 2.05) is 30.3 Å². The third-order valence-electron chi connectivity index (χ3n) is 4.36. The fourth-order valence-electron chi connectivity index (χ4n) is 3.39. The quantitative estimate of drug-likeness (QED) is 0.868. The van der Waals surface area contributed by atoms with E-state index in [2.05, 4.69) is 9.88 Å². The van der Waals surface area contributed by atoms with Crippen LogP contribution in [0.2, 0.25) is 0 Å². The molecule has 2 aliphatic heterocycles. The molecule has 0 saturated carbocycles. The molecule has 4 heterocycles. The standard InChI is InChI=1S/C17H20N2O3/c1-2-7-18-16(5-1)22-14-6-9-21-17(10-14)12-19(13-17)11-15-4-3-8-20-15/h1-5,7-8,14H,6,9-13H2. The van der Waals surface area contributed by atoms with Crippen LogP contribution in [-0.2, 0) is 11.3 Å². The van der Waals surface area contributed by atoms with Crippen LogP contribution >= 0.6 is 0 Å². The molecule has 2 saturated heterocycles. The van der Waals surface area contributed by atoms with Crippen molar-refractivity contribution in [2.45, 2.75) is 31.1 Å². The molecule has 5 nitrogen and oxygen atoms in total. The van der Waals surface area contributed by atoms with Crippen molar-refractivity contribution >= 4 is 0 Å². The Hall–Kier alpha value is -1.85. The molecule has 0 radical (unpaired) electrons. The van der Waals surface area contributed by atoms with Crippen molar-refractivity contribution in [2.75, 3.05) is 19.7 Å². The van der Waals surface area contributed by atoms with E-state index in [1.165, 1.54) is 0 Å². The van der Waals surface area contributed by atoms with Crippen LogP contribution in [0.25, 0.3) is 0 Å². The molecule has 116 valence electrons. The molecular weight excluding hydrogens is 280 g/mol. The largest absolute Gasteiger partial charge is 0.474 e. The van der Waals surface area contributed by atoms with Crippen LogP contribution in [0.3, 0.4) is 0 Å². The van der Waals surface area contributed by atoms with Crippen LogP contribution < -0.4 is 4.74 Å². The Labute approximate surface area is 129 Å². The number of rotatable bonds is 4. The average molecular weight is 300 g/mol. The lowest BCUT2D eigenvalue weighted by atomic mass is 9.84. The third-order valence-corrected chi connectivity index (χ3v) is 4.36. The zero-order valence-corrected chi connectivity index (χ0v) is 12.5. The van der Waals surface area contributed by atoms with Gasteiger partial charge in [0.25, 0.3) is 0 Å². The normalized spacial score (nSPS) is 24.1. The molecule has 1 unspecified atom stereocenters. The van der Waals surface area contributed by atoms with E-state index in [0.29, 0.717) is 5.88 Å². The maximum atomic E-state index is 6.05. The van der Waals surface area contributed by atoms with Crippen LogP contribution in [0.5, 0.6) is 5.88 Å². The molecule has 0 amide bonds. The number of hydrogen-bond acceptors (Lipinski definition) is 5. The van der Waals surface area contributed by atoms with Gasteiger partial charge >= 0.3 is 0 Å². The highest BCUT2D eigenvalue weighted by Crippen LogP contribution is 2.36. The Morgan fingerprint density at radius 1 is 1.27 bits per heavy atom. The van der Waals surface area contributed by atoms with Gasteiger partial charge < -0.3 is 13.9 Å². The van der Waals surface area contributed by atoms with Gasteiger partial charge in [0.05, 0.1) is 25.0 Å². The van der Waals surface area contributed by atoms with Crippen LogP contribution in [0.1, 0.15) is 18.6 Å². The van der Waals surface area contributed by atoms with Gasteiger partial charge in [0.1, 0.15) is 11.9 Å². The molecule has 2 fully saturated rings. The van der Waals surface area contributed by atoms with E-state index in [1.54, 1.807) is 12.5 Å². The molecule has 2 aliphatic rings. The number of hydrogen-bond donors (Lipinski definition) is 0. The lowest BCUT2D eigenvalue weighted by molar-refractivity contribution is -0.189. The first-order valence-corrected chi connectivity index (χ1v) is 7.78. The topological polar surface area (TPSA) is 47.7 Å². The maximum Gasteiger partial charge on any atom is 0.213 e. The molecule has 22 heavy (non-hydrogen) atoms. The van der Waals surface area contributed by atoms with Gasteiger partial charge in [-0.15, -0.1) is 0 Å². The lowest BCUT2D eigenvalue weighted by Crippen LogP contribution is -2.65. The van der Waals surface area contributed by atoms with Crippen molar-refractivity contribution in [2.24, 2.45) is 0 Å². The van der Waals surface area contributed by atoms with Gasteiger partial charge in [0, 0.05) is 38.2 Å². The van der Waals surface area contributed by atoms with Gasteiger partial charge in [-0.3, -0.25) is 4.90 Å². The van der Waals surface area contributed by atoms with Gasteiger partial charge in [-0.25, -0.2) is 4.98 Å². The minimum Gasteiger partial charge on any atom is -0.474 e. The number of likely N-dealkylation sites (tertiary alicyclic amines) is 1. The number of aromatic nitrogens is 1. The van der Waals surface area contributed by atoms with Crippen LogP contribution in [-0.4, -0.2) is 41.3 Å². The van der Waals surface area contributed by atoms with Gasteiger partial charge in [-0.05, 0) is 18.2 Å². The maximum absolute atomic E-state index is 6.05. The summed E-state index contributed by atoms with van der Waals surface area (Å²) in [6.45, 7) is 3.49. The van der Waals surface area contributed by atoms with E-state index in [-0.39, 0.29) is 11.7 Å². The summed E-state index contributed by atoms with van der Waals surface area (Å²) in [6, 6.07) is 9.70. The Morgan fingerprint density at radius 2 is 2.23 bits per heavy atom. The molecular formula is C17H20N2O3. The molecule has 0 aliphatic carbocycles. The minimum atomic E-state index is -0.0513. The van der Waals surface area contributed by atoms with Crippen molar-refractivity contribution in [3.63, 3.8) is 0 Å². The summed E-state index contributed by atoms with van der Waals surface area (Å²) in [5.74, 6) is 1.71. The molecule has 2 aromatic heterocycles. The monoisotopic (exact) mass is 300 g/mol. The predicted molar refractivity (Wildman–Crippen MR) is 80.6 cm³/mol. The van der Waals surface area contributed by atoms with Crippen LogP contribution in [0.4, 0.5) is 0 Å². The van der Waals surface area contributed by atoms with E-state index in [9.17, 15) is 0 Å². The first kappa shape index (κ1) is 13.8. The van der Waals surface area contributed by atoms with Crippen molar-refractivity contribution in [1.29, 1.82) is 0 Å². The molecule has 4 rings (SSSR count). The fraction of sp³-hybridized carbons (Fsp3) is 0.471. The van der Waals surface area contributed by atoms with Crippen LogP contribution in [0.15, 0.2) is 47.2 Å². The van der Waals surface area contributed by atoms with Crippen LogP contribution in [0, 0.1) is 0 Å². The minimum absolute atomic E-state index is 0.0513. The van der Waals surface area contributed by atoms with Crippen molar-refractivity contribution in [3.8, 4) is 5.88 Å². The molecule has 5 heteroatoms. The SMILES string of the molecule is c1ccc(OC2CCOC3(C2)CN(Cc2ccco2)C3)nc1. The number of ether oxygens (including phenoxy) is 2. The summed E-state index contributed by atoms with van der Waals surface area (Å²) in [7, 11) is 0. The Balaban J connectivity index is 1.32. The zero-order valence-electron chi connectivity index (χ0n) is 12.5. The summed E-state index contributed by atoms with van der Waals surface area (Å²) in [5.41, 5.74) is -0.0513. The van der Waals surface area contributed by atoms with E-state index >= 15 is 0 Å². The zero-order chi connectivity index (χ0) is 14.8. The van der Waals surface area contributed by atoms with E-state index < -0.39 is 0 Å². The Bertz CT molecular complexity index is 594. The second-order valence-electron chi connectivity index (χ2n) is 6.16. The number of nitrogens with zero attached hydrogens (tertiary/aromatic N) is 2. The smallest absolute Gasteiger partial charge is 0.213 e. The molecule has 2 aromatic rings. The van der Waals surface area contributed by atoms with Crippen molar-refractivity contribution in [3.05, 3.63) is 48.6 Å². The average Bonchev–Trinajstić information content (AvgIpc) is 3.00. The summed E-state index contributed by atoms with van der Waals surface area (Å²) in [4.78, 5) is 6.59. The van der Waals surface area contributed by atoms with Crippen molar-refractivity contribution < 1.29 is 13.9 Å². The number of pyridine rings is 1. The summed E-state index contributed by atoms with van der Waals surface area (Å²) < 4.78 is 17.4. The molecule has 0 bridgehead atoms. The molecule has 0 aromatic carbocycles. The molecule has 1 atom stereocenters. The highest BCUT2D eigenvalue weighted by atomic mass is 16.5. The van der Waals surface area contributed by atoms with E-state index in [0.717, 1.165) is 44.8 Å². The first-order valence-electron chi connectivity index (χ1n) is 7.78. The Kier molecular flexibility index (Phi) is 3.60.